The van der Waals surface area contributed by atoms with E-state index < -0.39 is 25.3 Å². The molecule has 0 N–H and O–H groups in total. The van der Waals surface area contributed by atoms with Gasteiger partial charge >= 0.3 is 0 Å². The van der Waals surface area contributed by atoms with E-state index in [-0.39, 0.29) is 0 Å². The minimum Gasteiger partial charge on any atom is -0.302 e. The van der Waals surface area contributed by atoms with Crippen molar-refractivity contribution >= 4 is 16.1 Å². The van der Waals surface area contributed by atoms with Crippen LogP contribution in [-0.4, -0.2) is 19.5 Å². The summed E-state index contributed by atoms with van der Waals surface area (Å²) in [5, 5.41) is 0. The summed E-state index contributed by atoms with van der Waals surface area (Å²) in [4.78, 5) is 10.2. The van der Waals surface area contributed by atoms with E-state index >= 15 is 0 Å². The molecule has 0 unspecified atom stereocenters. The number of rotatable bonds is 3. The van der Waals surface area contributed by atoms with E-state index in [0.717, 1.165) is 12.1 Å². The Morgan fingerprint density at radius 2 is 1.80 bits per heavy atom. The highest BCUT2D eigenvalue weighted by Crippen LogP contribution is 2.25. The molecule has 0 amide bonds. The minimum atomic E-state index is -3.96. The third-order valence-corrected chi connectivity index (χ3v) is 4.49. The zero-order valence-corrected chi connectivity index (χ0v) is 9.21. The Bertz CT molecular complexity index is 477. The van der Waals surface area contributed by atoms with Crippen molar-refractivity contribution in [2.24, 2.45) is 0 Å². The Kier molecular flexibility index (Phi) is 2.95. The van der Waals surface area contributed by atoms with E-state index in [1.807, 2.05) is 0 Å². The van der Waals surface area contributed by atoms with Gasteiger partial charge in [-0.2, -0.15) is 0 Å². The van der Waals surface area contributed by atoms with Crippen molar-refractivity contribution in [3.63, 3.8) is 0 Å². The smallest absolute Gasteiger partial charge is 0.193 e. The third-order valence-electron chi connectivity index (χ3n) is 2.10. The zero-order chi connectivity index (χ0) is 11.7. The molecule has 1 rings (SSSR count). The Hall–Kier alpha value is -1.23. The monoisotopic (exact) mass is 230 g/mol. The fraction of sp³-hybridized carbons (Fsp3) is 0.300. The lowest BCUT2D eigenvalue weighted by Crippen LogP contribution is -2.34. The van der Waals surface area contributed by atoms with Gasteiger partial charge < -0.3 is 4.79 Å². The molecule has 0 fully saturated rings. The van der Waals surface area contributed by atoms with Crippen LogP contribution >= 0.6 is 0 Å². The van der Waals surface area contributed by atoms with Gasteiger partial charge in [-0.15, -0.1) is 0 Å². The second kappa shape index (κ2) is 3.73. The van der Waals surface area contributed by atoms with Crippen LogP contribution < -0.4 is 0 Å². The molecule has 1 aromatic rings. The van der Waals surface area contributed by atoms with Crippen LogP contribution in [0, 0.1) is 5.82 Å². The van der Waals surface area contributed by atoms with Crippen molar-refractivity contribution < 1.29 is 17.6 Å². The average Bonchev–Trinajstić information content (AvgIpc) is 2.18. The number of carbonyl (C=O) groups is 1. The van der Waals surface area contributed by atoms with E-state index in [0.29, 0.717) is 6.29 Å². The Balaban J connectivity index is 3.43. The fourth-order valence-corrected chi connectivity index (χ4v) is 2.29. The zero-order valence-electron chi connectivity index (χ0n) is 8.40. The molecule has 0 bridgehead atoms. The van der Waals surface area contributed by atoms with Gasteiger partial charge in [-0.25, -0.2) is 12.8 Å². The molecule has 0 atom stereocenters. The second-order valence-corrected chi connectivity index (χ2v) is 6.15. The summed E-state index contributed by atoms with van der Waals surface area (Å²) >= 11 is 0. The summed E-state index contributed by atoms with van der Waals surface area (Å²) in [6, 6.07) is 5.00. The van der Waals surface area contributed by atoms with Crippen LogP contribution in [0.15, 0.2) is 29.2 Å². The van der Waals surface area contributed by atoms with Gasteiger partial charge in [0.15, 0.2) is 9.84 Å². The van der Waals surface area contributed by atoms with Crippen molar-refractivity contribution in [2.45, 2.75) is 23.5 Å². The van der Waals surface area contributed by atoms with E-state index in [2.05, 4.69) is 0 Å². The second-order valence-electron chi connectivity index (χ2n) is 3.66. The molecule has 0 aliphatic heterocycles. The van der Waals surface area contributed by atoms with Crippen molar-refractivity contribution in [1.82, 2.24) is 0 Å². The standard InChI is InChI=1S/C10H11FO3S/c1-10(2,7-12)15(13,14)9-6-4-3-5-8(9)11/h3-7H,1-2H3. The number of aldehydes is 1. The van der Waals surface area contributed by atoms with Gasteiger partial charge in [0.05, 0.1) is 0 Å². The van der Waals surface area contributed by atoms with Crippen LogP contribution in [0.3, 0.4) is 0 Å². The normalized spacial score (nSPS) is 12.5. The third kappa shape index (κ3) is 1.92. The maximum atomic E-state index is 13.3. The predicted octanol–water partition coefficient (Wildman–Crippen LogP) is 1.58. The highest BCUT2D eigenvalue weighted by molar-refractivity contribution is 7.93. The Morgan fingerprint density at radius 1 is 1.27 bits per heavy atom. The first-order chi connectivity index (χ1) is 6.83. The molecule has 3 nitrogen and oxygen atoms in total. The highest BCUT2D eigenvalue weighted by Gasteiger charge is 2.37. The number of sulfone groups is 1. The number of benzene rings is 1. The van der Waals surface area contributed by atoms with Crippen molar-refractivity contribution in [3.05, 3.63) is 30.1 Å². The molecule has 5 heteroatoms. The molecular formula is C10H11FO3S. The summed E-state index contributed by atoms with van der Waals surface area (Å²) in [5.74, 6) is -0.840. The predicted molar refractivity (Wildman–Crippen MR) is 53.7 cm³/mol. The molecule has 0 saturated heterocycles. The molecule has 0 aliphatic carbocycles. The molecule has 1 aromatic carbocycles. The quantitative estimate of drug-likeness (QED) is 0.741. The van der Waals surface area contributed by atoms with Crippen molar-refractivity contribution in [3.8, 4) is 0 Å². The number of hydrogen-bond acceptors (Lipinski definition) is 3. The minimum absolute atomic E-state index is 0.300. The maximum Gasteiger partial charge on any atom is 0.193 e. The first-order valence-electron chi connectivity index (χ1n) is 4.28. The first kappa shape index (κ1) is 11.8. The SMILES string of the molecule is CC(C)(C=O)S(=O)(=O)c1ccccc1F. The molecular weight excluding hydrogens is 219 g/mol. The lowest BCUT2D eigenvalue weighted by atomic mass is 10.2. The Morgan fingerprint density at radius 3 is 2.27 bits per heavy atom. The highest BCUT2D eigenvalue weighted by atomic mass is 32.2. The van der Waals surface area contributed by atoms with E-state index in [9.17, 15) is 17.6 Å². The van der Waals surface area contributed by atoms with Crippen LogP contribution in [0.1, 0.15) is 13.8 Å². The number of hydrogen-bond donors (Lipinski definition) is 0. The Labute approximate surface area is 87.8 Å². The molecule has 0 spiro atoms. The maximum absolute atomic E-state index is 13.3. The molecule has 0 aliphatic rings. The first-order valence-corrected chi connectivity index (χ1v) is 5.77. The largest absolute Gasteiger partial charge is 0.302 e. The average molecular weight is 230 g/mol. The van der Waals surface area contributed by atoms with Gasteiger partial charge in [0.25, 0.3) is 0 Å². The van der Waals surface area contributed by atoms with Crippen LogP contribution in [0.2, 0.25) is 0 Å². The van der Waals surface area contributed by atoms with Gasteiger partial charge in [-0.1, -0.05) is 12.1 Å². The van der Waals surface area contributed by atoms with Crippen LogP contribution in [0.25, 0.3) is 0 Å². The van der Waals surface area contributed by atoms with Gasteiger partial charge in [-0.05, 0) is 26.0 Å². The topological polar surface area (TPSA) is 51.2 Å². The lowest BCUT2D eigenvalue weighted by molar-refractivity contribution is -0.109. The summed E-state index contributed by atoms with van der Waals surface area (Å²) in [7, 11) is -3.96. The van der Waals surface area contributed by atoms with Crippen LogP contribution in [0.4, 0.5) is 4.39 Å². The summed E-state index contributed by atoms with van der Waals surface area (Å²) < 4.78 is 35.3. The molecule has 0 heterocycles. The van der Waals surface area contributed by atoms with Gasteiger partial charge in [-0.3, -0.25) is 0 Å². The van der Waals surface area contributed by atoms with Gasteiger partial charge in [0.1, 0.15) is 21.7 Å². The molecule has 82 valence electrons. The summed E-state index contributed by atoms with van der Waals surface area (Å²) in [6.45, 7) is 2.48. The van der Waals surface area contributed by atoms with Crippen LogP contribution in [-0.2, 0) is 14.6 Å². The molecule has 0 saturated carbocycles. The van der Waals surface area contributed by atoms with Crippen molar-refractivity contribution in [1.29, 1.82) is 0 Å². The lowest BCUT2D eigenvalue weighted by Gasteiger charge is -2.17. The van der Waals surface area contributed by atoms with Gasteiger partial charge in [0.2, 0.25) is 0 Å². The summed E-state index contributed by atoms with van der Waals surface area (Å²) in [5.41, 5.74) is 0. The van der Waals surface area contributed by atoms with E-state index in [1.165, 1.54) is 26.0 Å². The molecule has 0 radical (unpaired) electrons. The summed E-state index contributed by atoms with van der Waals surface area (Å²) in [6.07, 6.45) is 0.300. The van der Waals surface area contributed by atoms with Gasteiger partial charge in [0, 0.05) is 0 Å². The van der Waals surface area contributed by atoms with Crippen LogP contribution in [0.5, 0.6) is 0 Å². The van der Waals surface area contributed by atoms with Crippen molar-refractivity contribution in [2.75, 3.05) is 0 Å². The molecule has 15 heavy (non-hydrogen) atoms. The number of halogens is 1. The van der Waals surface area contributed by atoms with E-state index in [4.69, 9.17) is 0 Å². The molecule has 0 aromatic heterocycles. The fourth-order valence-electron chi connectivity index (χ4n) is 1.01. The van der Waals surface area contributed by atoms with E-state index in [1.54, 1.807) is 0 Å². The number of carbonyl (C=O) groups excluding carboxylic acids is 1.